The van der Waals surface area contributed by atoms with Crippen LogP contribution in [0.25, 0.3) is 11.1 Å². The first-order valence-corrected chi connectivity index (χ1v) is 9.37. The van der Waals surface area contributed by atoms with E-state index in [1.54, 1.807) is 0 Å². The van der Waals surface area contributed by atoms with E-state index in [-0.39, 0.29) is 29.3 Å². The Hall–Kier alpha value is -4.11. The van der Waals surface area contributed by atoms with Crippen molar-refractivity contribution in [2.24, 2.45) is 0 Å². The van der Waals surface area contributed by atoms with Crippen LogP contribution in [0.5, 0.6) is 0 Å². The third kappa shape index (κ3) is 3.49. The molecule has 1 amide bonds. The molecule has 0 aromatic heterocycles. The highest BCUT2D eigenvalue weighted by atomic mass is 16.5. The summed E-state index contributed by atoms with van der Waals surface area (Å²) in [6.07, 6.45) is -0.688. The molecule has 0 heterocycles. The molecule has 30 heavy (non-hydrogen) atoms. The van der Waals surface area contributed by atoms with Crippen LogP contribution in [0.2, 0.25) is 0 Å². The number of esters is 1. The Balaban J connectivity index is 1.52. The van der Waals surface area contributed by atoms with Crippen LogP contribution in [0, 0.1) is 11.3 Å². The monoisotopic (exact) mass is 398 g/mol. The molecule has 1 aliphatic carbocycles. The largest absolute Gasteiger partial charge is 0.465 e. The van der Waals surface area contributed by atoms with Gasteiger partial charge in [0, 0.05) is 5.92 Å². The molecule has 0 spiro atoms. The first kappa shape index (κ1) is 19.2. The van der Waals surface area contributed by atoms with Gasteiger partial charge < -0.3 is 9.47 Å². The number of ether oxygens (including phenoxy) is 2. The smallest absolute Gasteiger partial charge is 0.411 e. The molecular weight excluding hydrogens is 380 g/mol. The van der Waals surface area contributed by atoms with Gasteiger partial charge in [-0.25, -0.2) is 9.59 Å². The molecule has 0 unspecified atom stereocenters. The fourth-order valence-electron chi connectivity index (χ4n) is 3.75. The molecule has 0 fully saturated rings. The topological polar surface area (TPSA) is 88.4 Å². The summed E-state index contributed by atoms with van der Waals surface area (Å²) in [5.74, 6) is -0.717. The lowest BCUT2D eigenvalue weighted by molar-refractivity contribution is 0.0602. The Kier molecular flexibility index (Phi) is 5.19. The van der Waals surface area contributed by atoms with Gasteiger partial charge in [0.25, 0.3) is 0 Å². The number of carbonyl (C=O) groups excluding carboxylic acids is 2. The predicted molar refractivity (Wildman–Crippen MR) is 111 cm³/mol. The van der Waals surface area contributed by atoms with Gasteiger partial charge in [-0.3, -0.25) is 5.32 Å². The molecule has 3 aromatic carbocycles. The van der Waals surface area contributed by atoms with Crippen molar-refractivity contribution >= 4 is 17.7 Å². The molecule has 0 aliphatic heterocycles. The summed E-state index contributed by atoms with van der Waals surface area (Å²) in [4.78, 5) is 24.5. The lowest BCUT2D eigenvalue weighted by Gasteiger charge is -2.15. The minimum absolute atomic E-state index is 0.0656. The maximum atomic E-state index is 12.5. The first-order valence-electron chi connectivity index (χ1n) is 9.37. The zero-order valence-electron chi connectivity index (χ0n) is 16.2. The molecule has 4 rings (SSSR count). The number of nitrogens with one attached hydrogen (secondary N) is 1. The van der Waals surface area contributed by atoms with E-state index in [1.807, 2.05) is 42.5 Å². The quantitative estimate of drug-likeness (QED) is 0.643. The second-order valence-corrected chi connectivity index (χ2v) is 6.81. The van der Waals surface area contributed by atoms with Crippen molar-refractivity contribution < 1.29 is 19.1 Å². The lowest BCUT2D eigenvalue weighted by atomic mass is 9.98. The summed E-state index contributed by atoms with van der Waals surface area (Å²) in [5, 5.41) is 11.6. The van der Waals surface area contributed by atoms with Gasteiger partial charge in [-0.15, -0.1) is 0 Å². The van der Waals surface area contributed by atoms with Crippen molar-refractivity contribution in [1.82, 2.24) is 0 Å². The summed E-state index contributed by atoms with van der Waals surface area (Å²) in [6.45, 7) is 0.156. The molecule has 0 radical (unpaired) electrons. The Bertz CT molecular complexity index is 1130. The van der Waals surface area contributed by atoms with E-state index in [4.69, 9.17) is 14.7 Å². The maximum Gasteiger partial charge on any atom is 0.411 e. The molecular formula is C24H18N2O4. The van der Waals surface area contributed by atoms with Crippen LogP contribution >= 0.6 is 0 Å². The van der Waals surface area contributed by atoms with Gasteiger partial charge in [-0.1, -0.05) is 48.5 Å². The number of carbonyl (C=O) groups is 2. The second kappa shape index (κ2) is 8.10. The molecule has 6 heteroatoms. The predicted octanol–water partition coefficient (Wildman–Crippen LogP) is 4.71. The van der Waals surface area contributed by atoms with E-state index in [2.05, 4.69) is 17.4 Å². The third-order valence-corrected chi connectivity index (χ3v) is 5.13. The van der Waals surface area contributed by atoms with Crippen LogP contribution < -0.4 is 5.32 Å². The highest BCUT2D eigenvalue weighted by Gasteiger charge is 2.29. The van der Waals surface area contributed by atoms with E-state index in [9.17, 15) is 9.59 Å². The molecule has 0 saturated heterocycles. The zero-order valence-corrected chi connectivity index (χ0v) is 16.2. The van der Waals surface area contributed by atoms with Gasteiger partial charge in [-0.05, 0) is 40.5 Å². The molecule has 6 nitrogen and oxygen atoms in total. The van der Waals surface area contributed by atoms with Gasteiger partial charge in [0.15, 0.2) is 0 Å². The SMILES string of the molecule is COC(=O)c1cc(C#N)ccc1NC(=O)OCC1c2ccccc2-c2ccccc21. The number of fused-ring (bicyclic) bond motifs is 3. The number of nitriles is 1. The number of hydrogen-bond acceptors (Lipinski definition) is 5. The van der Waals surface area contributed by atoms with Crippen molar-refractivity contribution in [2.75, 3.05) is 19.0 Å². The average Bonchev–Trinajstić information content (AvgIpc) is 3.11. The van der Waals surface area contributed by atoms with Crippen LogP contribution in [-0.4, -0.2) is 25.8 Å². The number of anilines is 1. The second-order valence-electron chi connectivity index (χ2n) is 6.81. The summed E-state index contributed by atoms with van der Waals surface area (Å²) >= 11 is 0. The van der Waals surface area contributed by atoms with Crippen molar-refractivity contribution in [1.29, 1.82) is 5.26 Å². The number of rotatable bonds is 4. The minimum atomic E-state index is -0.688. The van der Waals surface area contributed by atoms with Crippen molar-refractivity contribution in [3.05, 3.63) is 89.0 Å². The van der Waals surface area contributed by atoms with E-state index in [1.165, 1.54) is 25.3 Å². The number of nitrogens with zero attached hydrogens (tertiary/aromatic N) is 1. The van der Waals surface area contributed by atoms with Crippen LogP contribution in [0.4, 0.5) is 10.5 Å². The third-order valence-electron chi connectivity index (χ3n) is 5.13. The molecule has 148 valence electrons. The normalized spacial score (nSPS) is 11.7. The number of amides is 1. The molecule has 0 atom stereocenters. The molecule has 0 bridgehead atoms. The van der Waals surface area contributed by atoms with Crippen LogP contribution in [0.15, 0.2) is 66.7 Å². The molecule has 1 N–H and O–H groups in total. The van der Waals surface area contributed by atoms with E-state index >= 15 is 0 Å². The van der Waals surface area contributed by atoms with Gasteiger partial charge in [0.05, 0.1) is 30.0 Å². The van der Waals surface area contributed by atoms with Crippen LogP contribution in [-0.2, 0) is 9.47 Å². The summed E-state index contributed by atoms with van der Waals surface area (Å²) in [6, 6.07) is 22.4. The Morgan fingerprint density at radius 2 is 1.63 bits per heavy atom. The summed E-state index contributed by atoms with van der Waals surface area (Å²) in [7, 11) is 1.23. The van der Waals surface area contributed by atoms with E-state index < -0.39 is 12.1 Å². The average molecular weight is 398 g/mol. The Morgan fingerprint density at radius 1 is 1.00 bits per heavy atom. The van der Waals surface area contributed by atoms with Gasteiger partial charge in [0.1, 0.15) is 6.61 Å². The minimum Gasteiger partial charge on any atom is -0.465 e. The fourth-order valence-corrected chi connectivity index (χ4v) is 3.75. The summed E-state index contributed by atoms with van der Waals surface area (Å²) < 4.78 is 10.2. The van der Waals surface area contributed by atoms with Crippen molar-refractivity contribution in [3.63, 3.8) is 0 Å². The summed E-state index contributed by atoms with van der Waals surface area (Å²) in [5.41, 5.74) is 5.10. The van der Waals surface area contributed by atoms with Gasteiger partial charge in [-0.2, -0.15) is 5.26 Å². The highest BCUT2D eigenvalue weighted by molar-refractivity contribution is 6.00. The Labute approximate surface area is 173 Å². The van der Waals surface area contributed by atoms with Crippen molar-refractivity contribution in [3.8, 4) is 17.2 Å². The Morgan fingerprint density at radius 3 is 2.23 bits per heavy atom. The fraction of sp³-hybridized carbons (Fsp3) is 0.125. The van der Waals surface area contributed by atoms with Gasteiger partial charge in [0.2, 0.25) is 0 Å². The standard InChI is InChI=1S/C24H18N2O4/c1-29-23(27)20-12-15(13-25)10-11-22(20)26-24(28)30-14-21-18-8-4-2-6-16(18)17-7-3-5-9-19(17)21/h2-12,21H,14H2,1H3,(H,26,28). The van der Waals surface area contributed by atoms with E-state index in [0.29, 0.717) is 0 Å². The number of methoxy groups -OCH3 is 1. The first-order chi connectivity index (χ1) is 14.6. The number of hydrogen-bond donors (Lipinski definition) is 1. The maximum absolute atomic E-state index is 12.5. The van der Waals surface area contributed by atoms with Crippen LogP contribution in [0.3, 0.4) is 0 Å². The molecule has 1 aliphatic rings. The zero-order chi connectivity index (χ0) is 21.1. The number of benzene rings is 3. The van der Waals surface area contributed by atoms with Gasteiger partial charge >= 0.3 is 12.1 Å². The molecule has 3 aromatic rings. The van der Waals surface area contributed by atoms with Crippen LogP contribution in [0.1, 0.15) is 33.0 Å². The highest BCUT2D eigenvalue weighted by Crippen LogP contribution is 2.44. The van der Waals surface area contributed by atoms with E-state index in [0.717, 1.165) is 22.3 Å². The van der Waals surface area contributed by atoms with Crippen molar-refractivity contribution in [2.45, 2.75) is 5.92 Å². The lowest BCUT2D eigenvalue weighted by Crippen LogP contribution is -2.19. The molecule has 0 saturated carbocycles.